The quantitative estimate of drug-likeness (QED) is 0.872. The lowest BCUT2D eigenvalue weighted by Crippen LogP contribution is -2.17. The number of hydrogen-bond acceptors (Lipinski definition) is 5. The molecule has 0 fully saturated rings. The summed E-state index contributed by atoms with van der Waals surface area (Å²) in [6, 6.07) is 3.92. The predicted molar refractivity (Wildman–Crippen MR) is 80.6 cm³/mol. The molecular weight excluding hydrogens is 296 g/mol. The van der Waals surface area contributed by atoms with Gasteiger partial charge in [-0.25, -0.2) is 0 Å². The Morgan fingerprint density at radius 1 is 1.45 bits per heavy atom. The molecule has 1 aliphatic heterocycles. The van der Waals surface area contributed by atoms with E-state index in [0.29, 0.717) is 0 Å². The Labute approximate surface area is 124 Å². The highest BCUT2D eigenvalue weighted by atomic mass is 32.2. The summed E-state index contributed by atoms with van der Waals surface area (Å²) in [6.07, 6.45) is 2.06. The smallest absolute Gasteiger partial charge is 0.245 e. The van der Waals surface area contributed by atoms with Gasteiger partial charge in [0, 0.05) is 31.4 Å². The highest BCUT2D eigenvalue weighted by Crippen LogP contribution is 2.36. The number of nitrogens with zero attached hydrogens (tertiary/aromatic N) is 2. The Bertz CT molecular complexity index is 733. The minimum atomic E-state index is -0.186. The van der Waals surface area contributed by atoms with Crippen LogP contribution in [0.1, 0.15) is 6.92 Å². The van der Waals surface area contributed by atoms with Gasteiger partial charge in [0.05, 0.1) is 10.2 Å². The fourth-order valence-corrected chi connectivity index (χ4v) is 3.55. The molecule has 0 unspecified atom stereocenters. The van der Waals surface area contributed by atoms with Crippen LogP contribution in [0.3, 0.4) is 0 Å². The molecular formula is C13H14N2O3S2. The fourth-order valence-electron chi connectivity index (χ4n) is 2.08. The first-order valence-corrected chi connectivity index (χ1v) is 8.37. The number of thiazole rings is 1. The largest absolute Gasteiger partial charge is 0.454 e. The van der Waals surface area contributed by atoms with Crippen LogP contribution in [0.4, 0.5) is 0 Å². The number of fused-ring (bicyclic) bond motifs is 2. The minimum absolute atomic E-state index is 0.186. The monoisotopic (exact) mass is 310 g/mol. The Balaban J connectivity index is 2.20. The second kappa shape index (κ2) is 5.49. The van der Waals surface area contributed by atoms with Gasteiger partial charge in [0.2, 0.25) is 12.7 Å². The molecule has 1 aromatic carbocycles. The molecule has 1 aromatic heterocycles. The van der Waals surface area contributed by atoms with Crippen LogP contribution in [-0.2, 0) is 11.3 Å². The number of benzene rings is 1. The third kappa shape index (κ3) is 2.43. The average molecular weight is 310 g/mol. The second-order valence-electron chi connectivity index (χ2n) is 4.33. The molecule has 5 nitrogen and oxygen atoms in total. The van der Waals surface area contributed by atoms with E-state index in [0.717, 1.165) is 38.8 Å². The Morgan fingerprint density at radius 2 is 2.20 bits per heavy atom. The van der Waals surface area contributed by atoms with Crippen LogP contribution < -0.4 is 14.3 Å². The maximum atomic E-state index is 11.3. The molecule has 0 spiro atoms. The molecule has 0 radical (unpaired) electrons. The molecule has 0 aliphatic carbocycles. The van der Waals surface area contributed by atoms with E-state index in [1.807, 2.05) is 12.1 Å². The van der Waals surface area contributed by atoms with Crippen molar-refractivity contribution in [3.8, 4) is 11.5 Å². The van der Waals surface area contributed by atoms with Gasteiger partial charge in [-0.3, -0.25) is 4.79 Å². The number of aromatic nitrogens is 1. The topological polar surface area (TPSA) is 52.8 Å². The van der Waals surface area contributed by atoms with Crippen molar-refractivity contribution in [1.82, 2.24) is 4.57 Å². The average Bonchev–Trinajstić information content (AvgIpc) is 2.96. The van der Waals surface area contributed by atoms with E-state index in [1.165, 1.54) is 18.3 Å². The summed E-state index contributed by atoms with van der Waals surface area (Å²) in [5, 5.41) is 0. The molecule has 106 valence electrons. The molecule has 0 atom stereocenters. The first-order chi connectivity index (χ1) is 9.69. The first kappa shape index (κ1) is 13.5. The number of hydrogen-bond donors (Lipinski definition) is 0. The summed E-state index contributed by atoms with van der Waals surface area (Å²) in [6.45, 7) is 2.55. The van der Waals surface area contributed by atoms with Gasteiger partial charge in [-0.1, -0.05) is 11.3 Å². The summed E-state index contributed by atoms with van der Waals surface area (Å²) in [5.41, 5.74) is 1.04. The van der Waals surface area contributed by atoms with Crippen molar-refractivity contribution < 1.29 is 14.3 Å². The van der Waals surface area contributed by atoms with Crippen LogP contribution >= 0.6 is 23.1 Å². The number of thioether (sulfide) groups is 1. The van der Waals surface area contributed by atoms with Gasteiger partial charge >= 0.3 is 0 Å². The van der Waals surface area contributed by atoms with E-state index in [1.54, 1.807) is 11.8 Å². The SMILES string of the molecule is CSCCn1c(=NC(C)=O)sc2cc3c(cc21)OCO3. The summed E-state index contributed by atoms with van der Waals surface area (Å²) >= 11 is 3.26. The van der Waals surface area contributed by atoms with Gasteiger partial charge in [0.25, 0.3) is 0 Å². The van der Waals surface area contributed by atoms with Crippen LogP contribution in [0.5, 0.6) is 11.5 Å². The third-order valence-corrected chi connectivity index (χ3v) is 4.58. The molecule has 2 aromatic rings. The number of carbonyl (C=O) groups excluding carboxylic acids is 1. The lowest BCUT2D eigenvalue weighted by atomic mass is 10.3. The van der Waals surface area contributed by atoms with Crippen LogP contribution in [-0.4, -0.2) is 29.3 Å². The second-order valence-corrected chi connectivity index (χ2v) is 6.33. The molecule has 0 bridgehead atoms. The van der Waals surface area contributed by atoms with Crippen molar-refractivity contribution in [1.29, 1.82) is 0 Å². The van der Waals surface area contributed by atoms with Crippen LogP contribution in [0.15, 0.2) is 17.1 Å². The summed E-state index contributed by atoms with van der Waals surface area (Å²) in [7, 11) is 0. The minimum Gasteiger partial charge on any atom is -0.454 e. The Hall–Kier alpha value is -1.47. The van der Waals surface area contributed by atoms with Crippen molar-refractivity contribution in [2.75, 3.05) is 18.8 Å². The molecule has 0 saturated heterocycles. The lowest BCUT2D eigenvalue weighted by Gasteiger charge is -2.04. The fraction of sp³-hybridized carbons (Fsp3) is 0.385. The third-order valence-electron chi connectivity index (χ3n) is 2.95. The van der Waals surface area contributed by atoms with Gasteiger partial charge in [-0.15, -0.1) is 0 Å². The number of amides is 1. The van der Waals surface area contributed by atoms with Crippen molar-refractivity contribution in [2.45, 2.75) is 13.5 Å². The van der Waals surface area contributed by atoms with E-state index >= 15 is 0 Å². The number of carbonyl (C=O) groups is 1. The molecule has 1 aliphatic rings. The van der Waals surface area contributed by atoms with E-state index in [-0.39, 0.29) is 12.7 Å². The molecule has 7 heteroatoms. The van der Waals surface area contributed by atoms with Crippen LogP contribution in [0, 0.1) is 0 Å². The van der Waals surface area contributed by atoms with Crippen molar-refractivity contribution in [2.24, 2.45) is 4.99 Å². The van der Waals surface area contributed by atoms with E-state index < -0.39 is 0 Å². The summed E-state index contributed by atoms with van der Waals surface area (Å²) < 4.78 is 13.9. The Morgan fingerprint density at radius 3 is 2.90 bits per heavy atom. The summed E-state index contributed by atoms with van der Waals surface area (Å²) in [4.78, 5) is 16.1. The van der Waals surface area contributed by atoms with Gasteiger partial charge in [0.1, 0.15) is 0 Å². The highest BCUT2D eigenvalue weighted by Gasteiger charge is 2.17. The number of aryl methyl sites for hydroxylation is 1. The molecule has 1 amide bonds. The highest BCUT2D eigenvalue weighted by molar-refractivity contribution is 7.98. The van der Waals surface area contributed by atoms with Gasteiger partial charge in [-0.2, -0.15) is 16.8 Å². The zero-order chi connectivity index (χ0) is 14.1. The zero-order valence-electron chi connectivity index (χ0n) is 11.2. The van der Waals surface area contributed by atoms with Crippen LogP contribution in [0.2, 0.25) is 0 Å². The molecule has 3 rings (SSSR count). The molecule has 20 heavy (non-hydrogen) atoms. The van der Waals surface area contributed by atoms with Gasteiger partial charge < -0.3 is 14.0 Å². The van der Waals surface area contributed by atoms with E-state index in [9.17, 15) is 4.79 Å². The summed E-state index contributed by atoms with van der Waals surface area (Å²) in [5.74, 6) is 2.29. The predicted octanol–water partition coefficient (Wildman–Crippen LogP) is 2.24. The van der Waals surface area contributed by atoms with E-state index in [4.69, 9.17) is 9.47 Å². The van der Waals surface area contributed by atoms with Crippen LogP contribution in [0.25, 0.3) is 10.2 Å². The van der Waals surface area contributed by atoms with Crippen molar-refractivity contribution in [3.05, 3.63) is 16.9 Å². The molecule has 0 N–H and O–H groups in total. The maximum Gasteiger partial charge on any atom is 0.245 e. The number of ether oxygens (including phenoxy) is 2. The van der Waals surface area contributed by atoms with E-state index in [2.05, 4.69) is 15.8 Å². The Kier molecular flexibility index (Phi) is 3.71. The first-order valence-electron chi connectivity index (χ1n) is 6.16. The van der Waals surface area contributed by atoms with Gasteiger partial charge in [0.15, 0.2) is 16.3 Å². The lowest BCUT2D eigenvalue weighted by molar-refractivity contribution is -0.116. The number of rotatable bonds is 3. The molecule has 0 saturated carbocycles. The standard InChI is InChI=1S/C13H14N2O3S2/c1-8(16)14-13-15(3-4-19-2)9-5-10-11(18-7-17-10)6-12(9)20-13/h5-6H,3-4,7H2,1-2H3. The van der Waals surface area contributed by atoms with Crippen molar-refractivity contribution >= 4 is 39.2 Å². The zero-order valence-corrected chi connectivity index (χ0v) is 12.8. The van der Waals surface area contributed by atoms with Crippen molar-refractivity contribution in [3.63, 3.8) is 0 Å². The normalized spacial score (nSPS) is 14.2. The maximum absolute atomic E-state index is 11.3. The molecule has 2 heterocycles. The van der Waals surface area contributed by atoms with Gasteiger partial charge in [-0.05, 0) is 6.26 Å².